The Morgan fingerprint density at radius 2 is 1.85 bits per heavy atom. The van der Waals surface area contributed by atoms with Crippen LogP contribution in [0.1, 0.15) is 41.0 Å². The monoisotopic (exact) mass is 567 g/mol. The number of ether oxygens (including phenoxy) is 1. The Morgan fingerprint density at radius 1 is 1.24 bits per heavy atom. The van der Waals surface area contributed by atoms with Gasteiger partial charge in [0, 0.05) is 6.54 Å². The summed E-state index contributed by atoms with van der Waals surface area (Å²) < 4.78 is 34.1. The number of rotatable bonds is 9. The van der Waals surface area contributed by atoms with E-state index < -0.39 is 63.0 Å². The van der Waals surface area contributed by atoms with Crippen molar-refractivity contribution in [2.45, 2.75) is 68.6 Å². The van der Waals surface area contributed by atoms with Crippen molar-refractivity contribution < 1.29 is 32.0 Å². The summed E-state index contributed by atoms with van der Waals surface area (Å²) in [5.74, 6) is -1.02. The first-order chi connectivity index (χ1) is 15.4. The number of guanidine groups is 1. The fourth-order valence-electron chi connectivity index (χ4n) is 2.75. The van der Waals surface area contributed by atoms with Gasteiger partial charge in [-0.3, -0.25) is 4.99 Å². The molecule has 5 N–H and O–H groups in total. The number of nitrogens with one attached hydrogen (secondary N) is 4. The molecule has 2 amide bonds. The molecular formula is C18H32Cl3N5O7S. The van der Waals surface area contributed by atoms with E-state index in [9.17, 15) is 23.1 Å². The fourth-order valence-corrected chi connectivity index (χ4v) is 3.86. The Balaban J connectivity index is 2.75. The summed E-state index contributed by atoms with van der Waals surface area (Å²) in [6.45, 7) is 7.64. The highest BCUT2D eigenvalue weighted by atomic mass is 35.6. The quantitative estimate of drug-likeness (QED) is 0.202. The van der Waals surface area contributed by atoms with Crippen LogP contribution in [0, 0.1) is 5.92 Å². The lowest BCUT2D eigenvalue weighted by Crippen LogP contribution is -2.61. The minimum Gasteiger partial charge on any atom is -0.458 e. The van der Waals surface area contributed by atoms with Crippen LogP contribution in [0.5, 0.6) is 0 Å². The molecule has 0 bridgehead atoms. The van der Waals surface area contributed by atoms with Crippen molar-refractivity contribution in [2.24, 2.45) is 10.9 Å². The van der Waals surface area contributed by atoms with Gasteiger partial charge in [0.2, 0.25) is 9.75 Å². The number of nitrogens with zero attached hydrogens (tertiary/aromatic N) is 1. The summed E-state index contributed by atoms with van der Waals surface area (Å²) in [5.41, 5.74) is -0.729. The molecule has 3 atom stereocenters. The summed E-state index contributed by atoms with van der Waals surface area (Å²) in [6.07, 6.45) is 0.366. The Kier molecular flexibility index (Phi) is 11.4. The molecule has 1 heterocycles. The number of carbonyl (C=O) groups is 2. The van der Waals surface area contributed by atoms with Gasteiger partial charge in [0.15, 0.2) is 0 Å². The summed E-state index contributed by atoms with van der Waals surface area (Å²) in [5, 5.41) is 17.7. The van der Waals surface area contributed by atoms with E-state index in [-0.39, 0.29) is 18.4 Å². The van der Waals surface area contributed by atoms with Crippen molar-refractivity contribution in [3.63, 3.8) is 0 Å². The van der Waals surface area contributed by atoms with Crippen LogP contribution in [0.15, 0.2) is 4.99 Å². The van der Waals surface area contributed by atoms with Crippen LogP contribution < -0.4 is 20.7 Å². The van der Waals surface area contributed by atoms with E-state index in [1.165, 1.54) is 0 Å². The van der Waals surface area contributed by atoms with Crippen LogP contribution >= 0.6 is 34.8 Å². The SMILES string of the molecule is CC(C)[C@H](NC(=O)N[C@H](CO)[C@@H]1CCN=C(NS(=O)(=O)OCC(Cl)(Cl)Cl)N1)C(=O)OC(C)(C)C. The second-order valence-electron chi connectivity index (χ2n) is 8.87. The van der Waals surface area contributed by atoms with Crippen molar-refractivity contribution in [1.82, 2.24) is 20.7 Å². The van der Waals surface area contributed by atoms with E-state index in [1.807, 2.05) is 0 Å². The number of amides is 2. The first kappa shape index (κ1) is 30.8. The number of urea groups is 1. The molecule has 0 aliphatic carbocycles. The zero-order valence-electron chi connectivity index (χ0n) is 19.5. The second-order valence-corrected chi connectivity index (χ2v) is 12.7. The molecule has 0 aromatic heterocycles. The minimum atomic E-state index is -4.35. The third-order valence-electron chi connectivity index (χ3n) is 4.24. The Hall–Kier alpha value is -1.25. The standard InChI is InChI=1S/C18H32Cl3N5O7S/c1-10(2)13(14(28)33-17(3,4)5)25-16(29)24-12(8-27)11-6-7-22-15(23-11)26-34(30,31)32-9-18(19,20)21/h10-13,27H,6-9H2,1-5H3,(H2,22,23,26)(H2,24,25,29)/t11-,12+,13-/m0/s1. The fraction of sp³-hybridized carbons (Fsp3) is 0.833. The van der Waals surface area contributed by atoms with Crippen LogP contribution in [-0.4, -0.2) is 78.8 Å². The average Bonchev–Trinajstić information content (AvgIpc) is 2.66. The van der Waals surface area contributed by atoms with E-state index in [0.29, 0.717) is 6.42 Å². The summed E-state index contributed by atoms with van der Waals surface area (Å²) in [6, 6.07) is -3.07. The predicted octanol–water partition coefficient (Wildman–Crippen LogP) is 0.952. The van der Waals surface area contributed by atoms with Gasteiger partial charge in [-0.25, -0.2) is 18.5 Å². The molecule has 0 saturated carbocycles. The Labute approximate surface area is 214 Å². The van der Waals surface area contributed by atoms with Gasteiger partial charge in [-0.1, -0.05) is 48.7 Å². The average molecular weight is 569 g/mol. The van der Waals surface area contributed by atoms with Gasteiger partial charge < -0.3 is 25.8 Å². The maximum absolute atomic E-state index is 12.6. The molecule has 0 unspecified atom stereocenters. The highest BCUT2D eigenvalue weighted by molar-refractivity contribution is 7.85. The normalized spacial score (nSPS) is 18.9. The molecule has 0 radical (unpaired) electrons. The lowest BCUT2D eigenvalue weighted by molar-refractivity contribution is -0.158. The van der Waals surface area contributed by atoms with Crippen LogP contribution in [-0.2, 0) is 24.0 Å². The van der Waals surface area contributed by atoms with Crippen LogP contribution in [0.4, 0.5) is 4.79 Å². The Bertz CT molecular complexity index is 844. The third-order valence-corrected chi connectivity index (χ3v) is 5.44. The van der Waals surface area contributed by atoms with E-state index in [1.54, 1.807) is 34.6 Å². The number of aliphatic hydroxyl groups is 1. The van der Waals surface area contributed by atoms with Crippen LogP contribution in [0.25, 0.3) is 0 Å². The van der Waals surface area contributed by atoms with Gasteiger partial charge in [-0.2, -0.15) is 8.42 Å². The summed E-state index contributed by atoms with van der Waals surface area (Å²) in [4.78, 5) is 29.0. The maximum atomic E-state index is 12.6. The molecule has 12 nitrogen and oxygen atoms in total. The van der Waals surface area contributed by atoms with Crippen LogP contribution in [0.3, 0.4) is 0 Å². The number of esters is 1. The summed E-state index contributed by atoms with van der Waals surface area (Å²) >= 11 is 16.5. The van der Waals surface area contributed by atoms with E-state index in [2.05, 4.69) is 29.8 Å². The van der Waals surface area contributed by atoms with E-state index in [4.69, 9.17) is 39.5 Å². The van der Waals surface area contributed by atoms with Gasteiger partial charge in [0.25, 0.3) is 0 Å². The van der Waals surface area contributed by atoms with E-state index >= 15 is 0 Å². The molecule has 1 aliphatic rings. The lowest BCUT2D eigenvalue weighted by Gasteiger charge is -2.32. The van der Waals surface area contributed by atoms with Gasteiger partial charge in [-0.05, 0) is 33.1 Å². The summed E-state index contributed by atoms with van der Waals surface area (Å²) in [7, 11) is -4.35. The van der Waals surface area contributed by atoms with Gasteiger partial charge >= 0.3 is 22.3 Å². The predicted molar refractivity (Wildman–Crippen MR) is 129 cm³/mol. The highest BCUT2D eigenvalue weighted by Crippen LogP contribution is 2.26. The molecule has 0 spiro atoms. The number of carbonyl (C=O) groups excluding carboxylic acids is 2. The molecule has 198 valence electrons. The van der Waals surface area contributed by atoms with Crippen LogP contribution in [0.2, 0.25) is 0 Å². The van der Waals surface area contributed by atoms with Crippen molar-refractivity contribution in [3.8, 4) is 0 Å². The number of hydrogen-bond donors (Lipinski definition) is 5. The maximum Gasteiger partial charge on any atom is 0.362 e. The molecule has 1 rings (SSSR count). The molecule has 16 heteroatoms. The number of hydrogen-bond acceptors (Lipinski definition) is 9. The van der Waals surface area contributed by atoms with E-state index in [0.717, 1.165) is 0 Å². The molecule has 1 aliphatic heterocycles. The first-order valence-corrected chi connectivity index (χ1v) is 12.9. The van der Waals surface area contributed by atoms with Crippen molar-refractivity contribution >= 4 is 63.1 Å². The smallest absolute Gasteiger partial charge is 0.362 e. The zero-order chi connectivity index (χ0) is 26.3. The molecule has 34 heavy (non-hydrogen) atoms. The van der Waals surface area contributed by atoms with Crippen molar-refractivity contribution in [2.75, 3.05) is 19.8 Å². The number of alkyl halides is 3. The van der Waals surface area contributed by atoms with Gasteiger partial charge in [0.1, 0.15) is 18.2 Å². The molecule has 0 saturated heterocycles. The topological polar surface area (TPSA) is 167 Å². The number of halogens is 3. The number of aliphatic hydroxyl groups excluding tert-OH is 1. The third kappa shape index (κ3) is 11.9. The lowest BCUT2D eigenvalue weighted by atomic mass is 10.0. The zero-order valence-corrected chi connectivity index (χ0v) is 22.6. The largest absolute Gasteiger partial charge is 0.458 e. The molecule has 0 aromatic rings. The Morgan fingerprint density at radius 3 is 2.35 bits per heavy atom. The molecule has 0 fully saturated rings. The molecular weight excluding hydrogens is 537 g/mol. The molecule has 0 aromatic carbocycles. The van der Waals surface area contributed by atoms with Gasteiger partial charge in [-0.15, -0.1) is 0 Å². The second kappa shape index (κ2) is 12.6. The first-order valence-electron chi connectivity index (χ1n) is 10.4. The van der Waals surface area contributed by atoms with Crippen molar-refractivity contribution in [3.05, 3.63) is 0 Å². The number of aliphatic imine (C=N–C) groups is 1. The highest BCUT2D eigenvalue weighted by Gasteiger charge is 2.32. The van der Waals surface area contributed by atoms with Crippen molar-refractivity contribution in [1.29, 1.82) is 0 Å². The van der Waals surface area contributed by atoms with Gasteiger partial charge in [0.05, 0.1) is 18.7 Å². The minimum absolute atomic E-state index is 0.171.